The van der Waals surface area contributed by atoms with E-state index in [9.17, 15) is 22.4 Å². The van der Waals surface area contributed by atoms with E-state index in [0.717, 1.165) is 12.1 Å². The fourth-order valence-corrected chi connectivity index (χ4v) is 5.42. The van der Waals surface area contributed by atoms with Crippen LogP contribution in [-0.4, -0.2) is 62.3 Å². The summed E-state index contributed by atoms with van der Waals surface area (Å²) in [5, 5.41) is 0. The second-order valence-corrected chi connectivity index (χ2v) is 9.42. The lowest BCUT2D eigenvalue weighted by Gasteiger charge is -2.36. The maximum atomic E-state index is 13.1. The minimum atomic E-state index is -3.68. The van der Waals surface area contributed by atoms with E-state index < -0.39 is 15.8 Å². The van der Waals surface area contributed by atoms with E-state index in [-0.39, 0.29) is 41.7 Å². The van der Waals surface area contributed by atoms with Crippen molar-refractivity contribution in [2.45, 2.75) is 37.5 Å². The molecule has 2 fully saturated rings. The lowest BCUT2D eigenvalue weighted by molar-refractivity contribution is -0.152. The zero-order chi connectivity index (χ0) is 21.0. The topological polar surface area (TPSA) is 84.0 Å². The van der Waals surface area contributed by atoms with Gasteiger partial charge in [-0.1, -0.05) is 0 Å². The quantitative estimate of drug-likeness (QED) is 0.673. The van der Waals surface area contributed by atoms with Gasteiger partial charge in [0, 0.05) is 32.1 Å². The van der Waals surface area contributed by atoms with Gasteiger partial charge < -0.3 is 9.64 Å². The van der Waals surface area contributed by atoms with Gasteiger partial charge in [0.05, 0.1) is 17.4 Å². The molecular weight excluding hydrogens is 399 g/mol. The molecule has 1 amide bonds. The molecule has 0 aliphatic carbocycles. The summed E-state index contributed by atoms with van der Waals surface area (Å²) in [6, 6.07) is 4.78. The fourth-order valence-electron chi connectivity index (χ4n) is 3.95. The summed E-state index contributed by atoms with van der Waals surface area (Å²) in [5.74, 6) is -1.01. The van der Waals surface area contributed by atoms with Gasteiger partial charge in [0.15, 0.2) is 0 Å². The average Bonchev–Trinajstić information content (AvgIpc) is 2.74. The number of benzene rings is 1. The SMILES string of the molecule is CCOC(=O)C1CCN(C(=O)C2CCN(S(=O)(=O)c3ccc(F)cc3)CC2)CC1. The number of rotatable bonds is 5. The van der Waals surface area contributed by atoms with E-state index in [2.05, 4.69) is 0 Å². The Morgan fingerprint density at radius 3 is 2.10 bits per heavy atom. The zero-order valence-electron chi connectivity index (χ0n) is 16.5. The molecular formula is C20H27FN2O5S. The monoisotopic (exact) mass is 426 g/mol. The van der Waals surface area contributed by atoms with Gasteiger partial charge in [-0.25, -0.2) is 12.8 Å². The number of carbonyl (C=O) groups is 2. The van der Waals surface area contributed by atoms with Gasteiger partial charge in [0.1, 0.15) is 5.82 Å². The highest BCUT2D eigenvalue weighted by atomic mass is 32.2. The molecule has 2 saturated heterocycles. The molecule has 29 heavy (non-hydrogen) atoms. The molecule has 1 aromatic rings. The number of sulfonamides is 1. The van der Waals surface area contributed by atoms with E-state index >= 15 is 0 Å². The van der Waals surface area contributed by atoms with Crippen LogP contribution >= 0.6 is 0 Å². The van der Waals surface area contributed by atoms with Gasteiger partial charge in [-0.2, -0.15) is 4.31 Å². The summed E-state index contributed by atoms with van der Waals surface area (Å²) in [5.41, 5.74) is 0. The fraction of sp³-hybridized carbons (Fsp3) is 0.600. The Hall–Kier alpha value is -2.00. The Kier molecular flexibility index (Phi) is 6.89. The zero-order valence-corrected chi connectivity index (χ0v) is 17.4. The summed E-state index contributed by atoms with van der Waals surface area (Å²) in [6.45, 7) is 3.70. The van der Waals surface area contributed by atoms with Crippen molar-refractivity contribution in [2.24, 2.45) is 11.8 Å². The molecule has 160 valence electrons. The molecule has 0 saturated carbocycles. The minimum Gasteiger partial charge on any atom is -0.466 e. The van der Waals surface area contributed by atoms with Crippen LogP contribution in [0.15, 0.2) is 29.2 Å². The number of halogens is 1. The maximum Gasteiger partial charge on any atom is 0.309 e. The van der Waals surface area contributed by atoms with Crippen molar-refractivity contribution in [3.63, 3.8) is 0 Å². The third-order valence-electron chi connectivity index (χ3n) is 5.68. The van der Waals surface area contributed by atoms with Crippen molar-refractivity contribution in [3.05, 3.63) is 30.1 Å². The lowest BCUT2D eigenvalue weighted by Crippen LogP contribution is -2.47. The molecule has 0 aromatic heterocycles. The van der Waals surface area contributed by atoms with Crippen molar-refractivity contribution in [1.82, 2.24) is 9.21 Å². The maximum absolute atomic E-state index is 13.1. The molecule has 0 atom stereocenters. The summed E-state index contributed by atoms with van der Waals surface area (Å²) in [4.78, 5) is 26.5. The van der Waals surface area contributed by atoms with Crippen molar-refractivity contribution >= 4 is 21.9 Å². The van der Waals surface area contributed by atoms with E-state index in [4.69, 9.17) is 4.74 Å². The van der Waals surface area contributed by atoms with Gasteiger partial charge in [-0.3, -0.25) is 9.59 Å². The van der Waals surface area contributed by atoms with Crippen LogP contribution in [0.5, 0.6) is 0 Å². The molecule has 2 aliphatic heterocycles. The minimum absolute atomic E-state index is 0.0335. The Morgan fingerprint density at radius 1 is 1.00 bits per heavy atom. The van der Waals surface area contributed by atoms with Gasteiger partial charge in [-0.05, 0) is 56.9 Å². The smallest absolute Gasteiger partial charge is 0.309 e. The molecule has 3 rings (SSSR count). The summed E-state index contributed by atoms with van der Waals surface area (Å²) in [7, 11) is -3.68. The standard InChI is InChI=1S/C20H27FN2O5S/c1-2-28-20(25)16-7-11-22(12-8-16)19(24)15-9-13-23(14-10-15)29(26,27)18-5-3-17(21)4-6-18/h3-6,15-16H,2,7-14H2,1H3. The van der Waals surface area contributed by atoms with Crippen molar-refractivity contribution in [2.75, 3.05) is 32.8 Å². The van der Waals surface area contributed by atoms with Crippen LogP contribution in [0.4, 0.5) is 4.39 Å². The number of nitrogens with zero attached hydrogens (tertiary/aromatic N) is 2. The Balaban J connectivity index is 1.52. The van der Waals surface area contributed by atoms with Crippen LogP contribution in [-0.2, 0) is 24.3 Å². The molecule has 0 radical (unpaired) electrons. The van der Waals surface area contributed by atoms with Crippen LogP contribution in [0.3, 0.4) is 0 Å². The van der Waals surface area contributed by atoms with Gasteiger partial charge in [0.2, 0.25) is 15.9 Å². The highest BCUT2D eigenvalue weighted by Gasteiger charge is 2.35. The summed E-state index contributed by atoms with van der Waals surface area (Å²) < 4.78 is 44.9. The van der Waals surface area contributed by atoms with Gasteiger partial charge in [-0.15, -0.1) is 0 Å². The van der Waals surface area contributed by atoms with Crippen molar-refractivity contribution < 1.29 is 27.1 Å². The number of likely N-dealkylation sites (tertiary alicyclic amines) is 1. The normalized spacial score (nSPS) is 19.9. The highest BCUT2D eigenvalue weighted by Crippen LogP contribution is 2.27. The van der Waals surface area contributed by atoms with Crippen molar-refractivity contribution in [1.29, 1.82) is 0 Å². The number of esters is 1. The molecule has 7 nitrogen and oxygen atoms in total. The predicted octanol–water partition coefficient (Wildman–Crippen LogP) is 2.03. The second-order valence-electron chi connectivity index (χ2n) is 7.48. The first-order valence-corrected chi connectivity index (χ1v) is 11.5. The molecule has 1 aromatic carbocycles. The number of carbonyl (C=O) groups excluding carboxylic acids is 2. The third-order valence-corrected chi connectivity index (χ3v) is 7.59. The molecule has 9 heteroatoms. The lowest BCUT2D eigenvalue weighted by atomic mass is 9.92. The first kappa shape index (κ1) is 21.7. The van der Waals surface area contributed by atoms with Crippen LogP contribution in [0.25, 0.3) is 0 Å². The molecule has 0 bridgehead atoms. The van der Waals surface area contributed by atoms with Crippen LogP contribution in [0, 0.1) is 17.7 Å². The van der Waals surface area contributed by atoms with E-state index in [0.29, 0.717) is 45.4 Å². The third kappa shape index (κ3) is 4.95. The number of hydrogen-bond acceptors (Lipinski definition) is 5. The Bertz CT molecular complexity index is 827. The Labute approximate surface area is 170 Å². The number of ether oxygens (including phenoxy) is 1. The highest BCUT2D eigenvalue weighted by molar-refractivity contribution is 7.89. The predicted molar refractivity (Wildman–Crippen MR) is 104 cm³/mol. The summed E-state index contributed by atoms with van der Waals surface area (Å²) in [6.07, 6.45) is 2.11. The first-order chi connectivity index (χ1) is 13.8. The second kappa shape index (κ2) is 9.21. The van der Waals surface area contributed by atoms with E-state index in [1.54, 1.807) is 11.8 Å². The molecule has 0 spiro atoms. The molecule has 0 N–H and O–H groups in total. The number of piperidine rings is 2. The first-order valence-electron chi connectivity index (χ1n) is 10.0. The largest absolute Gasteiger partial charge is 0.466 e. The van der Waals surface area contributed by atoms with Gasteiger partial charge >= 0.3 is 5.97 Å². The van der Waals surface area contributed by atoms with E-state index in [1.807, 2.05) is 0 Å². The number of amides is 1. The molecule has 2 heterocycles. The molecule has 0 unspecified atom stereocenters. The Morgan fingerprint density at radius 2 is 1.55 bits per heavy atom. The molecule has 2 aliphatic rings. The average molecular weight is 427 g/mol. The summed E-state index contributed by atoms with van der Waals surface area (Å²) >= 11 is 0. The number of hydrogen-bond donors (Lipinski definition) is 0. The van der Waals surface area contributed by atoms with E-state index in [1.165, 1.54) is 16.4 Å². The van der Waals surface area contributed by atoms with Crippen LogP contribution in [0.1, 0.15) is 32.6 Å². The van der Waals surface area contributed by atoms with Crippen LogP contribution < -0.4 is 0 Å². The van der Waals surface area contributed by atoms with Crippen LogP contribution in [0.2, 0.25) is 0 Å². The van der Waals surface area contributed by atoms with Crippen molar-refractivity contribution in [3.8, 4) is 0 Å². The van der Waals surface area contributed by atoms with Gasteiger partial charge in [0.25, 0.3) is 0 Å².